The molecule has 0 unspecified atom stereocenters. The number of halogens is 1. The highest BCUT2D eigenvalue weighted by Crippen LogP contribution is 2.34. The van der Waals surface area contributed by atoms with Crippen LogP contribution < -0.4 is 10.1 Å². The van der Waals surface area contributed by atoms with Crippen LogP contribution in [0.5, 0.6) is 5.75 Å². The largest absolute Gasteiger partial charge is 0.495 e. The van der Waals surface area contributed by atoms with Gasteiger partial charge in [0.1, 0.15) is 11.5 Å². The number of fused-ring (bicyclic) bond motifs is 1. The third kappa shape index (κ3) is 3.78. The lowest BCUT2D eigenvalue weighted by Gasteiger charge is -2.00. The summed E-state index contributed by atoms with van der Waals surface area (Å²) in [6, 6.07) is 12.5. The summed E-state index contributed by atoms with van der Waals surface area (Å²) in [6.45, 7) is 0. The first-order valence-electron chi connectivity index (χ1n) is 8.24. The van der Waals surface area contributed by atoms with Crippen molar-refractivity contribution in [1.82, 2.24) is 4.98 Å². The highest BCUT2D eigenvalue weighted by atomic mass is 35.5. The van der Waals surface area contributed by atoms with E-state index in [2.05, 4.69) is 10.3 Å². The Balaban J connectivity index is 1.56. The molecule has 146 valence electrons. The molecule has 4 aromatic rings. The van der Waals surface area contributed by atoms with E-state index in [-0.39, 0.29) is 11.4 Å². The molecule has 0 bridgehead atoms. The quantitative estimate of drug-likeness (QED) is 0.337. The summed E-state index contributed by atoms with van der Waals surface area (Å²) in [5.74, 6) is 0.438. The molecule has 2 aromatic heterocycles. The zero-order valence-electron chi connectivity index (χ0n) is 14.8. The number of hydrogen-bond acceptors (Lipinski definition) is 7. The van der Waals surface area contributed by atoms with Crippen LogP contribution in [0.4, 0.5) is 10.8 Å². The highest BCUT2D eigenvalue weighted by molar-refractivity contribution is 7.22. The third-order valence-electron chi connectivity index (χ3n) is 4.05. The van der Waals surface area contributed by atoms with Gasteiger partial charge >= 0.3 is 0 Å². The maximum absolute atomic E-state index is 12.5. The van der Waals surface area contributed by atoms with E-state index < -0.39 is 10.8 Å². The summed E-state index contributed by atoms with van der Waals surface area (Å²) in [5.41, 5.74) is 1.07. The van der Waals surface area contributed by atoms with Crippen molar-refractivity contribution in [3.05, 3.63) is 69.4 Å². The standard InChI is InChI=1S/C19H12ClN3O5S/c1-27-16-9-17-13(8-12(16)20)21-19(29-17)22-18(24)15-6-5-14(28-15)10-3-2-4-11(7-10)23(25)26/h2-9H,1H3,(H,21,22,24). The number of furan rings is 1. The molecular weight excluding hydrogens is 418 g/mol. The SMILES string of the molecule is COc1cc2sc(NC(=O)c3ccc(-c4cccc([N+](=O)[O-])c4)o3)nc2cc1Cl. The summed E-state index contributed by atoms with van der Waals surface area (Å²) >= 11 is 7.37. The Hall–Kier alpha value is -3.43. The lowest BCUT2D eigenvalue weighted by molar-refractivity contribution is -0.384. The number of ether oxygens (including phenoxy) is 1. The predicted octanol–water partition coefficient (Wildman–Crippen LogP) is 5.38. The number of aromatic nitrogens is 1. The molecule has 0 aliphatic carbocycles. The highest BCUT2D eigenvalue weighted by Gasteiger charge is 2.17. The van der Waals surface area contributed by atoms with E-state index in [9.17, 15) is 14.9 Å². The second-order valence-electron chi connectivity index (χ2n) is 5.90. The molecule has 0 atom stereocenters. The number of hydrogen-bond donors (Lipinski definition) is 1. The molecular formula is C19H12ClN3O5S. The van der Waals surface area contributed by atoms with E-state index in [0.29, 0.717) is 32.7 Å². The van der Waals surface area contributed by atoms with Crippen LogP contribution in [0, 0.1) is 10.1 Å². The van der Waals surface area contributed by atoms with Crippen LogP contribution in [0.3, 0.4) is 0 Å². The van der Waals surface area contributed by atoms with Crippen molar-refractivity contribution in [2.45, 2.75) is 0 Å². The number of nitrogens with one attached hydrogen (secondary N) is 1. The van der Waals surface area contributed by atoms with Crippen LogP contribution >= 0.6 is 22.9 Å². The molecule has 2 heterocycles. The molecule has 0 aliphatic rings. The van der Waals surface area contributed by atoms with Gasteiger partial charge in [0, 0.05) is 23.8 Å². The zero-order valence-corrected chi connectivity index (χ0v) is 16.4. The normalized spacial score (nSPS) is 10.8. The van der Waals surface area contributed by atoms with Crippen LogP contribution in [0.15, 0.2) is 52.9 Å². The minimum absolute atomic E-state index is 0.0568. The molecule has 1 amide bonds. The van der Waals surface area contributed by atoms with Gasteiger partial charge in [0.15, 0.2) is 10.9 Å². The summed E-state index contributed by atoms with van der Waals surface area (Å²) in [7, 11) is 1.52. The molecule has 10 heteroatoms. The van der Waals surface area contributed by atoms with Gasteiger partial charge < -0.3 is 9.15 Å². The molecule has 8 nitrogen and oxygen atoms in total. The number of non-ortho nitro benzene ring substituents is 1. The molecule has 0 fully saturated rings. The summed E-state index contributed by atoms with van der Waals surface area (Å²) < 4.78 is 11.6. The number of nitro benzene ring substituents is 1. The molecule has 2 aromatic carbocycles. The summed E-state index contributed by atoms with van der Waals surface area (Å²) in [6.07, 6.45) is 0. The van der Waals surface area contributed by atoms with Crippen molar-refractivity contribution < 1.29 is 18.9 Å². The van der Waals surface area contributed by atoms with E-state index in [1.165, 1.54) is 36.6 Å². The first kappa shape index (κ1) is 18.9. The minimum Gasteiger partial charge on any atom is -0.495 e. The van der Waals surface area contributed by atoms with Crippen LogP contribution in [-0.2, 0) is 0 Å². The number of thiazole rings is 1. The number of carbonyl (C=O) groups is 1. The second kappa shape index (κ2) is 7.53. The molecule has 4 rings (SSSR count). The fourth-order valence-corrected chi connectivity index (χ4v) is 3.79. The van der Waals surface area contributed by atoms with Crippen molar-refractivity contribution in [2.75, 3.05) is 12.4 Å². The van der Waals surface area contributed by atoms with Crippen molar-refractivity contribution in [3.8, 4) is 17.1 Å². The fraction of sp³-hybridized carbons (Fsp3) is 0.0526. The van der Waals surface area contributed by atoms with Gasteiger partial charge in [0.25, 0.3) is 11.6 Å². The Kier molecular flexibility index (Phi) is 4.91. The maximum atomic E-state index is 12.5. The number of nitrogens with zero attached hydrogens (tertiary/aromatic N) is 2. The first-order chi connectivity index (χ1) is 13.9. The number of amides is 1. The van der Waals surface area contributed by atoms with Crippen molar-refractivity contribution in [1.29, 1.82) is 0 Å². The van der Waals surface area contributed by atoms with E-state index in [4.69, 9.17) is 20.8 Å². The molecule has 29 heavy (non-hydrogen) atoms. The first-order valence-corrected chi connectivity index (χ1v) is 9.44. The minimum atomic E-state index is -0.492. The van der Waals surface area contributed by atoms with Gasteiger partial charge in [-0.1, -0.05) is 35.1 Å². The number of benzene rings is 2. The third-order valence-corrected chi connectivity index (χ3v) is 5.28. The second-order valence-corrected chi connectivity index (χ2v) is 7.34. The van der Waals surface area contributed by atoms with Gasteiger partial charge in [-0.25, -0.2) is 4.98 Å². The Labute approximate surface area is 172 Å². The smallest absolute Gasteiger partial charge is 0.293 e. The molecule has 0 radical (unpaired) electrons. The van der Waals surface area contributed by atoms with E-state index in [0.717, 1.165) is 4.70 Å². The number of nitro groups is 1. The topological polar surface area (TPSA) is 108 Å². The van der Waals surface area contributed by atoms with Gasteiger partial charge in [-0.15, -0.1) is 0 Å². The fourth-order valence-electron chi connectivity index (χ4n) is 2.69. The van der Waals surface area contributed by atoms with Gasteiger partial charge in [-0.2, -0.15) is 0 Å². The molecule has 1 N–H and O–H groups in total. The van der Waals surface area contributed by atoms with Crippen molar-refractivity contribution in [3.63, 3.8) is 0 Å². The van der Waals surface area contributed by atoms with E-state index in [1.54, 1.807) is 30.3 Å². The Morgan fingerprint density at radius 2 is 2.10 bits per heavy atom. The van der Waals surface area contributed by atoms with Crippen LogP contribution in [0.2, 0.25) is 5.02 Å². The monoisotopic (exact) mass is 429 g/mol. The Bertz CT molecular complexity index is 1250. The Morgan fingerprint density at radius 3 is 2.86 bits per heavy atom. The Morgan fingerprint density at radius 1 is 1.28 bits per heavy atom. The van der Waals surface area contributed by atoms with Gasteiger partial charge in [-0.3, -0.25) is 20.2 Å². The number of anilines is 1. The average Bonchev–Trinajstić information content (AvgIpc) is 3.34. The molecule has 0 saturated carbocycles. The van der Waals surface area contributed by atoms with E-state index in [1.807, 2.05) is 0 Å². The summed E-state index contributed by atoms with van der Waals surface area (Å²) in [4.78, 5) is 27.3. The maximum Gasteiger partial charge on any atom is 0.293 e. The van der Waals surface area contributed by atoms with Gasteiger partial charge in [0.2, 0.25) is 0 Å². The van der Waals surface area contributed by atoms with Crippen LogP contribution in [0.1, 0.15) is 10.6 Å². The molecule has 0 aliphatic heterocycles. The molecule has 0 saturated heterocycles. The lowest BCUT2D eigenvalue weighted by atomic mass is 10.1. The molecule has 0 spiro atoms. The summed E-state index contributed by atoms with van der Waals surface area (Å²) in [5, 5.41) is 14.4. The number of methoxy groups -OCH3 is 1. The predicted molar refractivity (Wildman–Crippen MR) is 110 cm³/mol. The number of carbonyl (C=O) groups excluding carboxylic acids is 1. The van der Waals surface area contributed by atoms with Gasteiger partial charge in [-0.05, 0) is 18.2 Å². The van der Waals surface area contributed by atoms with Gasteiger partial charge in [0.05, 0.1) is 27.3 Å². The van der Waals surface area contributed by atoms with E-state index >= 15 is 0 Å². The average molecular weight is 430 g/mol. The van der Waals surface area contributed by atoms with Crippen LogP contribution in [0.25, 0.3) is 21.5 Å². The van der Waals surface area contributed by atoms with Crippen molar-refractivity contribution in [2.24, 2.45) is 0 Å². The zero-order chi connectivity index (χ0) is 20.5. The lowest BCUT2D eigenvalue weighted by Crippen LogP contribution is -2.10. The number of rotatable bonds is 5. The van der Waals surface area contributed by atoms with Crippen molar-refractivity contribution >= 4 is 49.9 Å². The van der Waals surface area contributed by atoms with Crippen LogP contribution in [-0.4, -0.2) is 22.9 Å².